The Balaban J connectivity index is 2.01. The fourth-order valence-electron chi connectivity index (χ4n) is 2.21. The first-order valence-electron chi connectivity index (χ1n) is 7.82. The first kappa shape index (κ1) is 21.5. The summed E-state index contributed by atoms with van der Waals surface area (Å²) in [5.74, 6) is -1.59. The van der Waals surface area contributed by atoms with Crippen molar-refractivity contribution in [2.45, 2.75) is 25.2 Å². The zero-order chi connectivity index (χ0) is 20.2. The van der Waals surface area contributed by atoms with Gasteiger partial charge in [0.1, 0.15) is 6.23 Å². The third-order valence-electron chi connectivity index (χ3n) is 3.77. The van der Waals surface area contributed by atoms with E-state index in [2.05, 4.69) is 10.1 Å². The predicted molar refractivity (Wildman–Crippen MR) is 94.7 cm³/mol. The third kappa shape index (κ3) is 6.36. The Bertz CT molecular complexity index is 859. The molecule has 0 saturated heterocycles. The van der Waals surface area contributed by atoms with Gasteiger partial charge in [0, 0.05) is 19.7 Å². The highest BCUT2D eigenvalue weighted by Gasteiger charge is 2.30. The maximum Gasteiger partial charge on any atom is 0.390 e. The van der Waals surface area contributed by atoms with Crippen molar-refractivity contribution in [3.63, 3.8) is 0 Å². The lowest BCUT2D eigenvalue weighted by molar-refractivity contribution is -0.129. The summed E-state index contributed by atoms with van der Waals surface area (Å²) in [6.45, 7) is 0. The third-order valence-corrected chi connectivity index (χ3v) is 5.73. The fourth-order valence-corrected chi connectivity index (χ4v) is 3.79. The largest absolute Gasteiger partial charge is 0.390 e. The molecule has 2 heterocycles. The topological polar surface area (TPSA) is 88.3 Å². The molecule has 27 heavy (non-hydrogen) atoms. The molecule has 2 aromatic heterocycles. The quantitative estimate of drug-likeness (QED) is 0.652. The van der Waals surface area contributed by atoms with Crippen LogP contribution in [0.5, 0.6) is 0 Å². The van der Waals surface area contributed by atoms with Crippen LogP contribution in [0.2, 0.25) is 5.15 Å². The van der Waals surface area contributed by atoms with E-state index >= 15 is 0 Å². The summed E-state index contributed by atoms with van der Waals surface area (Å²) >= 11 is 6.08. The second-order valence-electron chi connectivity index (χ2n) is 5.86. The van der Waals surface area contributed by atoms with Crippen LogP contribution in [0.25, 0.3) is 5.69 Å². The van der Waals surface area contributed by atoms with Crippen LogP contribution < -0.4 is 4.90 Å². The highest BCUT2D eigenvalue weighted by Crippen LogP contribution is 2.27. The van der Waals surface area contributed by atoms with Gasteiger partial charge in [0.25, 0.3) is 0 Å². The van der Waals surface area contributed by atoms with Crippen LogP contribution in [0.4, 0.5) is 18.9 Å². The lowest BCUT2D eigenvalue weighted by Gasteiger charge is -2.24. The van der Waals surface area contributed by atoms with Crippen molar-refractivity contribution in [3.05, 3.63) is 35.9 Å². The normalized spacial score (nSPS) is 13.6. The molecule has 0 aliphatic rings. The number of halogens is 4. The maximum absolute atomic E-state index is 12.2. The molecule has 0 aromatic carbocycles. The van der Waals surface area contributed by atoms with Gasteiger partial charge in [0.15, 0.2) is 15.0 Å². The summed E-state index contributed by atoms with van der Waals surface area (Å²) in [5, 5.41) is 14.4. The van der Waals surface area contributed by atoms with Crippen molar-refractivity contribution in [2.24, 2.45) is 0 Å². The second-order valence-corrected chi connectivity index (χ2v) is 8.52. The van der Waals surface area contributed by atoms with E-state index in [4.69, 9.17) is 11.6 Å². The molecular weight excluding hydrogens is 409 g/mol. The van der Waals surface area contributed by atoms with Gasteiger partial charge in [-0.1, -0.05) is 11.6 Å². The lowest BCUT2D eigenvalue weighted by atomic mass is 10.3. The van der Waals surface area contributed by atoms with Crippen LogP contribution in [0, 0.1) is 0 Å². The Kier molecular flexibility index (Phi) is 6.71. The number of sulfone groups is 1. The summed E-state index contributed by atoms with van der Waals surface area (Å²) in [6.07, 6.45) is -2.83. The number of alkyl halides is 3. The van der Waals surface area contributed by atoms with Crippen molar-refractivity contribution in [1.82, 2.24) is 14.8 Å². The van der Waals surface area contributed by atoms with E-state index in [1.54, 1.807) is 24.5 Å². The zero-order valence-electron chi connectivity index (χ0n) is 14.3. The first-order valence-corrected chi connectivity index (χ1v) is 10.0. The molecule has 0 bridgehead atoms. The molecule has 0 saturated carbocycles. The molecule has 1 atom stereocenters. The molecule has 0 fully saturated rings. The minimum Gasteiger partial charge on any atom is -0.374 e. The number of anilines is 1. The number of aromatic nitrogens is 3. The van der Waals surface area contributed by atoms with Crippen molar-refractivity contribution in [1.29, 1.82) is 0 Å². The first-order chi connectivity index (χ1) is 12.5. The summed E-state index contributed by atoms with van der Waals surface area (Å²) in [7, 11) is -2.47. The maximum atomic E-state index is 12.2. The number of hydrogen-bond acceptors (Lipinski definition) is 6. The fraction of sp³-hybridized carbons (Fsp3) is 0.467. The zero-order valence-corrected chi connectivity index (χ0v) is 15.8. The standard InChI is InChI=1S/C15H18ClF3N4O3S/c1-22(13(24)4-7-27(25,26)8-5-15(17,18)19)12-10-23(21-14(12)16)11-3-2-6-20-9-11/h2-3,6,9-10,13,24H,4-5,7-8H2,1H3. The van der Waals surface area contributed by atoms with E-state index in [9.17, 15) is 26.7 Å². The van der Waals surface area contributed by atoms with Gasteiger partial charge in [-0.05, 0) is 12.1 Å². The Hall–Kier alpha value is -1.85. The highest BCUT2D eigenvalue weighted by atomic mass is 35.5. The van der Waals surface area contributed by atoms with Crippen molar-refractivity contribution >= 4 is 27.1 Å². The van der Waals surface area contributed by atoms with E-state index in [0.29, 0.717) is 11.4 Å². The average molecular weight is 427 g/mol. The molecule has 2 rings (SSSR count). The molecule has 0 amide bonds. The van der Waals surface area contributed by atoms with Crippen molar-refractivity contribution in [2.75, 3.05) is 23.5 Å². The highest BCUT2D eigenvalue weighted by molar-refractivity contribution is 7.91. The van der Waals surface area contributed by atoms with Crippen LogP contribution >= 0.6 is 11.6 Å². The Morgan fingerprint density at radius 1 is 1.37 bits per heavy atom. The minimum atomic E-state index is -4.54. The number of hydrogen-bond donors (Lipinski definition) is 1. The average Bonchev–Trinajstić information content (AvgIpc) is 2.99. The van der Waals surface area contributed by atoms with Gasteiger partial charge in [-0.25, -0.2) is 13.1 Å². The Morgan fingerprint density at radius 2 is 2.07 bits per heavy atom. The van der Waals surface area contributed by atoms with Crippen LogP contribution in [0.3, 0.4) is 0 Å². The summed E-state index contributed by atoms with van der Waals surface area (Å²) in [5.41, 5.74) is 0.962. The molecule has 7 nitrogen and oxygen atoms in total. The molecule has 0 spiro atoms. The molecule has 0 aliphatic carbocycles. The van der Waals surface area contributed by atoms with Gasteiger partial charge in [-0.2, -0.15) is 18.3 Å². The van der Waals surface area contributed by atoms with E-state index in [1.807, 2.05) is 0 Å². The molecule has 12 heteroatoms. The Morgan fingerprint density at radius 3 is 2.67 bits per heavy atom. The number of aliphatic hydroxyl groups excluding tert-OH is 1. The van der Waals surface area contributed by atoms with Crippen molar-refractivity contribution in [3.8, 4) is 5.69 Å². The Labute approximate surface area is 159 Å². The smallest absolute Gasteiger partial charge is 0.374 e. The molecule has 0 radical (unpaired) electrons. The molecule has 1 unspecified atom stereocenters. The number of rotatable bonds is 8. The number of pyridine rings is 1. The van der Waals surface area contributed by atoms with Gasteiger partial charge in [-0.15, -0.1) is 0 Å². The van der Waals surface area contributed by atoms with Gasteiger partial charge >= 0.3 is 6.18 Å². The molecule has 0 aliphatic heterocycles. The van der Waals surface area contributed by atoms with Crippen LogP contribution in [-0.4, -0.2) is 59.2 Å². The van der Waals surface area contributed by atoms with E-state index in [-0.39, 0.29) is 11.6 Å². The SMILES string of the molecule is CN(c1cn(-c2cccnc2)nc1Cl)C(O)CCS(=O)(=O)CCC(F)(F)F. The van der Waals surface area contributed by atoms with Crippen LogP contribution in [0.15, 0.2) is 30.7 Å². The molecule has 1 N–H and O–H groups in total. The van der Waals surface area contributed by atoms with Gasteiger partial charge in [0.2, 0.25) is 0 Å². The molecule has 2 aromatic rings. The number of aliphatic hydroxyl groups is 1. The summed E-state index contributed by atoms with van der Waals surface area (Å²) < 4.78 is 61.4. The van der Waals surface area contributed by atoms with Crippen LogP contribution in [-0.2, 0) is 9.84 Å². The summed E-state index contributed by atoms with van der Waals surface area (Å²) in [4.78, 5) is 5.26. The molecular formula is C15H18ClF3N4O3S. The lowest BCUT2D eigenvalue weighted by Crippen LogP contribution is -2.33. The van der Waals surface area contributed by atoms with E-state index in [0.717, 1.165) is 0 Å². The number of nitrogens with zero attached hydrogens (tertiary/aromatic N) is 4. The van der Waals surface area contributed by atoms with Gasteiger partial charge in [0.05, 0.1) is 41.7 Å². The minimum absolute atomic E-state index is 0.0698. The van der Waals surface area contributed by atoms with E-state index in [1.165, 1.54) is 22.8 Å². The molecule has 150 valence electrons. The van der Waals surface area contributed by atoms with E-state index < -0.39 is 40.2 Å². The van der Waals surface area contributed by atoms with Crippen LogP contribution in [0.1, 0.15) is 12.8 Å². The summed E-state index contributed by atoms with van der Waals surface area (Å²) in [6, 6.07) is 3.44. The van der Waals surface area contributed by atoms with Gasteiger partial charge in [-0.3, -0.25) is 4.98 Å². The predicted octanol–water partition coefficient (Wildman–Crippen LogP) is 2.43. The van der Waals surface area contributed by atoms with Gasteiger partial charge < -0.3 is 10.0 Å². The second kappa shape index (κ2) is 8.44. The monoisotopic (exact) mass is 426 g/mol. The van der Waals surface area contributed by atoms with Crippen molar-refractivity contribution < 1.29 is 26.7 Å².